The molecular formula is C23H22F4N6O. The lowest BCUT2D eigenvalue weighted by Gasteiger charge is -2.36. The molecule has 178 valence electrons. The molecule has 3 aromatic heterocycles. The molecule has 5 rings (SSSR count). The van der Waals surface area contributed by atoms with E-state index in [4.69, 9.17) is 0 Å². The van der Waals surface area contributed by atoms with Crippen LogP contribution in [0.2, 0.25) is 0 Å². The highest BCUT2D eigenvalue weighted by molar-refractivity contribution is 6.05. The molecule has 1 fully saturated rings. The molecule has 4 aromatic rings. The molecule has 2 N–H and O–H groups in total. The molecule has 0 radical (unpaired) electrons. The maximum absolute atomic E-state index is 13.7. The van der Waals surface area contributed by atoms with Gasteiger partial charge in [0.25, 0.3) is 5.91 Å². The van der Waals surface area contributed by atoms with Crippen LogP contribution in [0.3, 0.4) is 0 Å². The Labute approximate surface area is 191 Å². The van der Waals surface area contributed by atoms with Crippen LogP contribution < -0.4 is 10.2 Å². The number of fused-ring (bicyclic) bond motifs is 2. The normalized spacial score (nSPS) is 19.0. The average molecular weight is 474 g/mol. The number of aromatic amines is 1. The summed E-state index contributed by atoms with van der Waals surface area (Å²) in [5.74, 6) is -0.263. The molecule has 0 aliphatic heterocycles. The maximum Gasteiger partial charge on any atom is 0.434 e. The zero-order chi connectivity index (χ0) is 24.0. The average Bonchev–Trinajstić information content (AvgIpc) is 3.43. The number of carbonyl (C=O) groups excluding carboxylic acids is 1. The second-order valence-electron chi connectivity index (χ2n) is 8.57. The van der Waals surface area contributed by atoms with Gasteiger partial charge in [-0.15, -0.1) is 0 Å². The van der Waals surface area contributed by atoms with E-state index in [1.807, 2.05) is 11.9 Å². The standard InChI is InChI=1S/C23H22F4N6O/c1-32(19-7-3-6-18-29-17(12-33(18)19)23(25,26)27)14-10-8-13(9-11-14)28-22(34)16-5-2-4-15-20(16)30-31-21(15)24/h2-7,12-14H,8-11H2,1H3,(H,28,34)(H,30,31). The molecule has 0 bridgehead atoms. The topological polar surface area (TPSA) is 78.3 Å². The highest BCUT2D eigenvalue weighted by atomic mass is 19.4. The molecular weight excluding hydrogens is 452 g/mol. The number of rotatable bonds is 4. The SMILES string of the molecule is CN(c1cccc2nc(C(F)(F)F)cn12)C1CCC(NC(=O)c2cccc3c(F)[nH]nc23)CC1. The van der Waals surface area contributed by atoms with Gasteiger partial charge < -0.3 is 10.2 Å². The van der Waals surface area contributed by atoms with Gasteiger partial charge >= 0.3 is 6.18 Å². The van der Waals surface area contributed by atoms with Gasteiger partial charge in [0.05, 0.1) is 10.9 Å². The number of nitrogens with one attached hydrogen (secondary N) is 2. The summed E-state index contributed by atoms with van der Waals surface area (Å²) < 4.78 is 54.6. The van der Waals surface area contributed by atoms with Crippen molar-refractivity contribution in [1.29, 1.82) is 0 Å². The Balaban J connectivity index is 1.26. The number of hydrogen-bond acceptors (Lipinski definition) is 4. The fraction of sp³-hybridized carbons (Fsp3) is 0.348. The van der Waals surface area contributed by atoms with E-state index >= 15 is 0 Å². The Morgan fingerprint density at radius 1 is 1.15 bits per heavy atom. The van der Waals surface area contributed by atoms with Crippen molar-refractivity contribution in [3.8, 4) is 0 Å². The third kappa shape index (κ3) is 3.95. The Kier molecular flexibility index (Phi) is 5.41. The molecule has 0 atom stereocenters. The van der Waals surface area contributed by atoms with Crippen LogP contribution in [-0.4, -0.2) is 44.6 Å². The van der Waals surface area contributed by atoms with Gasteiger partial charge in [-0.05, 0) is 49.9 Å². The number of alkyl halides is 3. The molecule has 0 spiro atoms. The number of hydrogen-bond donors (Lipinski definition) is 2. The van der Waals surface area contributed by atoms with Crippen molar-refractivity contribution in [3.63, 3.8) is 0 Å². The number of pyridine rings is 1. The Morgan fingerprint density at radius 3 is 2.62 bits per heavy atom. The van der Waals surface area contributed by atoms with Crippen molar-refractivity contribution in [2.24, 2.45) is 0 Å². The molecule has 0 unspecified atom stereocenters. The van der Waals surface area contributed by atoms with Gasteiger partial charge in [0.1, 0.15) is 17.0 Å². The number of anilines is 1. The van der Waals surface area contributed by atoms with Gasteiger partial charge in [-0.1, -0.05) is 12.1 Å². The first kappa shape index (κ1) is 22.2. The van der Waals surface area contributed by atoms with E-state index in [-0.39, 0.29) is 34.5 Å². The van der Waals surface area contributed by atoms with Crippen LogP contribution >= 0.6 is 0 Å². The minimum absolute atomic E-state index is 0.0583. The van der Waals surface area contributed by atoms with Crippen molar-refractivity contribution in [2.45, 2.75) is 43.9 Å². The highest BCUT2D eigenvalue weighted by Crippen LogP contribution is 2.32. The summed E-state index contributed by atoms with van der Waals surface area (Å²) in [6, 6.07) is 9.83. The molecule has 1 saturated carbocycles. The van der Waals surface area contributed by atoms with E-state index in [1.54, 1.807) is 36.4 Å². The summed E-state index contributed by atoms with van der Waals surface area (Å²) >= 11 is 0. The quantitative estimate of drug-likeness (QED) is 0.426. The predicted molar refractivity (Wildman–Crippen MR) is 118 cm³/mol. The van der Waals surface area contributed by atoms with E-state index in [9.17, 15) is 22.4 Å². The van der Waals surface area contributed by atoms with Crippen LogP contribution in [0.1, 0.15) is 41.7 Å². The van der Waals surface area contributed by atoms with Gasteiger partial charge in [0.15, 0.2) is 5.69 Å². The van der Waals surface area contributed by atoms with E-state index in [2.05, 4.69) is 20.5 Å². The zero-order valence-corrected chi connectivity index (χ0v) is 18.2. The third-order valence-corrected chi connectivity index (χ3v) is 6.49. The third-order valence-electron chi connectivity index (χ3n) is 6.49. The van der Waals surface area contributed by atoms with Crippen molar-refractivity contribution >= 4 is 28.3 Å². The molecule has 34 heavy (non-hydrogen) atoms. The number of halogens is 4. The van der Waals surface area contributed by atoms with Crippen LogP contribution in [-0.2, 0) is 6.18 Å². The number of aromatic nitrogens is 4. The lowest BCUT2D eigenvalue weighted by molar-refractivity contribution is -0.140. The number of amides is 1. The van der Waals surface area contributed by atoms with E-state index in [0.29, 0.717) is 24.2 Å². The monoisotopic (exact) mass is 474 g/mol. The van der Waals surface area contributed by atoms with E-state index in [1.165, 1.54) is 4.40 Å². The number of nitrogens with zero attached hydrogens (tertiary/aromatic N) is 4. The summed E-state index contributed by atoms with van der Waals surface area (Å²) in [4.78, 5) is 18.5. The van der Waals surface area contributed by atoms with Gasteiger partial charge in [0.2, 0.25) is 5.95 Å². The number of para-hydroxylation sites is 1. The van der Waals surface area contributed by atoms with Crippen LogP contribution in [0, 0.1) is 5.95 Å². The first-order valence-electron chi connectivity index (χ1n) is 10.9. The van der Waals surface area contributed by atoms with Gasteiger partial charge in [-0.2, -0.15) is 22.7 Å². The summed E-state index contributed by atoms with van der Waals surface area (Å²) in [5.41, 5.74) is -0.0881. The molecule has 7 nitrogen and oxygen atoms in total. The number of imidazole rings is 1. The first-order chi connectivity index (χ1) is 16.2. The molecule has 1 aromatic carbocycles. The van der Waals surface area contributed by atoms with Gasteiger partial charge in [0, 0.05) is 25.3 Å². The van der Waals surface area contributed by atoms with E-state index in [0.717, 1.165) is 19.0 Å². The Bertz CT molecular complexity index is 1350. The Hall–Kier alpha value is -3.63. The van der Waals surface area contributed by atoms with Crippen molar-refractivity contribution in [2.75, 3.05) is 11.9 Å². The van der Waals surface area contributed by atoms with E-state index < -0.39 is 17.8 Å². The van der Waals surface area contributed by atoms with Crippen molar-refractivity contribution in [1.82, 2.24) is 24.9 Å². The number of benzene rings is 1. The number of carbonyl (C=O) groups is 1. The lowest BCUT2D eigenvalue weighted by atomic mass is 9.90. The zero-order valence-electron chi connectivity index (χ0n) is 18.2. The van der Waals surface area contributed by atoms with Crippen LogP contribution in [0.4, 0.5) is 23.4 Å². The summed E-state index contributed by atoms with van der Waals surface area (Å²) in [6.07, 6.45) is -0.575. The minimum Gasteiger partial charge on any atom is -0.358 e. The molecule has 0 saturated heterocycles. The highest BCUT2D eigenvalue weighted by Gasteiger charge is 2.34. The van der Waals surface area contributed by atoms with Crippen LogP contribution in [0.5, 0.6) is 0 Å². The lowest BCUT2D eigenvalue weighted by Crippen LogP contribution is -2.43. The first-order valence-corrected chi connectivity index (χ1v) is 10.9. The maximum atomic E-state index is 13.7. The predicted octanol–water partition coefficient (Wildman–Crippen LogP) is 4.55. The molecule has 3 heterocycles. The van der Waals surface area contributed by atoms with Crippen LogP contribution in [0.25, 0.3) is 16.6 Å². The molecule has 1 aliphatic rings. The molecule has 1 aliphatic carbocycles. The minimum atomic E-state index is -4.51. The molecule has 1 amide bonds. The second-order valence-corrected chi connectivity index (χ2v) is 8.57. The fourth-order valence-corrected chi connectivity index (χ4v) is 4.67. The number of H-pyrrole nitrogens is 1. The summed E-state index contributed by atoms with van der Waals surface area (Å²) in [5, 5.41) is 9.43. The smallest absolute Gasteiger partial charge is 0.358 e. The fourth-order valence-electron chi connectivity index (χ4n) is 4.67. The van der Waals surface area contributed by atoms with Crippen LogP contribution in [0.15, 0.2) is 42.6 Å². The molecule has 11 heteroatoms. The second kappa shape index (κ2) is 8.30. The largest absolute Gasteiger partial charge is 0.434 e. The Morgan fingerprint density at radius 2 is 1.88 bits per heavy atom. The van der Waals surface area contributed by atoms with Crippen molar-refractivity contribution in [3.05, 3.63) is 59.8 Å². The van der Waals surface area contributed by atoms with Crippen molar-refractivity contribution < 1.29 is 22.4 Å². The van der Waals surface area contributed by atoms with Gasteiger partial charge in [-0.25, -0.2) is 4.98 Å². The summed E-state index contributed by atoms with van der Waals surface area (Å²) in [6.45, 7) is 0. The summed E-state index contributed by atoms with van der Waals surface area (Å²) in [7, 11) is 1.86. The van der Waals surface area contributed by atoms with Gasteiger partial charge in [-0.3, -0.25) is 14.3 Å².